The molecule has 2 aromatic rings. The molecule has 3 rings (SSSR count). The van der Waals surface area contributed by atoms with E-state index in [1.54, 1.807) is 4.90 Å². The maximum Gasteiger partial charge on any atom is 0.321 e. The first-order chi connectivity index (χ1) is 11.0. The number of carbonyl (C=O) groups is 1. The highest BCUT2D eigenvalue weighted by molar-refractivity contribution is 7.86. The number of rotatable bonds is 2. The van der Waals surface area contributed by atoms with Gasteiger partial charge in [0.1, 0.15) is 0 Å². The Morgan fingerprint density at radius 2 is 1.96 bits per heavy atom. The molecule has 0 saturated carbocycles. The monoisotopic (exact) mass is 331 g/mol. The molecule has 1 fully saturated rings. The van der Waals surface area contributed by atoms with E-state index in [1.807, 2.05) is 67.2 Å². The zero-order chi connectivity index (χ0) is 16.4. The molecule has 122 valence electrons. The van der Waals surface area contributed by atoms with Crippen LogP contribution >= 0.6 is 0 Å². The lowest BCUT2D eigenvalue weighted by atomic mass is 10.2. The molecule has 0 unspecified atom stereocenters. The fraction of sp³-hybridized carbons (Fsp3) is 0.353. The van der Waals surface area contributed by atoms with Crippen LogP contribution < -0.4 is 5.32 Å². The molecular formula is C17H21N3O2S. The lowest BCUT2D eigenvalue weighted by Crippen LogP contribution is -2.53. The minimum atomic E-state index is -0.883. The summed E-state index contributed by atoms with van der Waals surface area (Å²) in [7, 11) is -0.883. The van der Waals surface area contributed by atoms with Crippen molar-refractivity contribution in [1.82, 2.24) is 9.47 Å². The summed E-state index contributed by atoms with van der Waals surface area (Å²) in [6, 6.07) is 11.5. The lowest BCUT2D eigenvalue weighted by molar-refractivity contribution is 0.207. The van der Waals surface area contributed by atoms with E-state index >= 15 is 0 Å². The summed E-state index contributed by atoms with van der Waals surface area (Å²) in [4.78, 5) is 14.2. The average Bonchev–Trinajstić information content (AvgIpc) is 3.04. The molecule has 1 saturated heterocycles. The van der Waals surface area contributed by atoms with Crippen molar-refractivity contribution in [2.24, 2.45) is 0 Å². The number of carbonyl (C=O) groups excluding carboxylic acids is 1. The summed E-state index contributed by atoms with van der Waals surface area (Å²) in [5.41, 5.74) is 1.75. The Bertz CT molecular complexity index is 725. The van der Waals surface area contributed by atoms with Gasteiger partial charge in [-0.3, -0.25) is 4.21 Å². The van der Waals surface area contributed by atoms with Crippen LogP contribution in [0.15, 0.2) is 48.8 Å². The van der Waals surface area contributed by atoms with Crippen LogP contribution in [-0.4, -0.2) is 43.3 Å². The van der Waals surface area contributed by atoms with Crippen molar-refractivity contribution in [3.05, 3.63) is 48.8 Å². The van der Waals surface area contributed by atoms with Crippen LogP contribution in [0.1, 0.15) is 13.8 Å². The first-order valence-corrected chi connectivity index (χ1v) is 8.95. The Hall–Kier alpha value is -2.08. The van der Waals surface area contributed by atoms with Crippen molar-refractivity contribution >= 4 is 22.5 Å². The number of aromatic nitrogens is 1. The van der Waals surface area contributed by atoms with E-state index in [2.05, 4.69) is 5.32 Å². The van der Waals surface area contributed by atoms with E-state index in [1.165, 1.54) is 0 Å². The van der Waals surface area contributed by atoms with Gasteiger partial charge in [-0.05, 0) is 44.2 Å². The summed E-state index contributed by atoms with van der Waals surface area (Å²) in [6.45, 7) is 4.91. The summed E-state index contributed by atoms with van der Waals surface area (Å²) in [5, 5.41) is 2.94. The van der Waals surface area contributed by atoms with Gasteiger partial charge in [0.05, 0.1) is 4.75 Å². The van der Waals surface area contributed by atoms with Crippen LogP contribution in [0.4, 0.5) is 10.5 Å². The van der Waals surface area contributed by atoms with Crippen LogP contribution in [0.5, 0.6) is 0 Å². The number of amides is 2. The molecule has 0 bridgehead atoms. The summed E-state index contributed by atoms with van der Waals surface area (Å²) in [6.07, 6.45) is 3.92. The zero-order valence-corrected chi connectivity index (χ0v) is 14.2. The molecule has 1 N–H and O–H groups in total. The molecule has 1 aromatic carbocycles. The van der Waals surface area contributed by atoms with E-state index in [0.29, 0.717) is 18.8 Å². The summed E-state index contributed by atoms with van der Waals surface area (Å²) in [5.74, 6) is 0.532. The minimum absolute atomic E-state index is 0.139. The molecule has 1 atom stereocenters. The topological polar surface area (TPSA) is 54.3 Å². The van der Waals surface area contributed by atoms with Gasteiger partial charge in [-0.25, -0.2) is 4.79 Å². The lowest BCUT2D eigenvalue weighted by Gasteiger charge is -2.37. The fourth-order valence-corrected chi connectivity index (χ4v) is 3.95. The van der Waals surface area contributed by atoms with Gasteiger partial charge in [-0.15, -0.1) is 0 Å². The third-order valence-electron chi connectivity index (χ3n) is 4.02. The SMILES string of the molecule is CC1(C)CN(C(=O)Nc2cccc(-n3cccc3)c2)CC[S@]1=O. The molecule has 2 amide bonds. The molecule has 6 heteroatoms. The van der Waals surface area contributed by atoms with Crippen molar-refractivity contribution < 1.29 is 9.00 Å². The Morgan fingerprint density at radius 3 is 2.65 bits per heavy atom. The smallest absolute Gasteiger partial charge is 0.321 e. The van der Waals surface area contributed by atoms with Crippen molar-refractivity contribution in [2.45, 2.75) is 18.6 Å². The minimum Gasteiger partial charge on any atom is -0.324 e. The van der Waals surface area contributed by atoms with Crippen LogP contribution in [-0.2, 0) is 10.8 Å². The average molecular weight is 331 g/mol. The number of urea groups is 1. The van der Waals surface area contributed by atoms with Crippen LogP contribution in [0.2, 0.25) is 0 Å². The van der Waals surface area contributed by atoms with Gasteiger partial charge in [0.2, 0.25) is 0 Å². The second kappa shape index (κ2) is 6.20. The third kappa shape index (κ3) is 3.47. The Kier molecular flexibility index (Phi) is 4.26. The number of anilines is 1. The second-order valence-corrected chi connectivity index (χ2v) is 8.51. The molecule has 2 heterocycles. The van der Waals surface area contributed by atoms with Crippen LogP contribution in [0.25, 0.3) is 5.69 Å². The first-order valence-electron chi connectivity index (χ1n) is 7.63. The highest BCUT2D eigenvalue weighted by Gasteiger charge is 2.35. The van der Waals surface area contributed by atoms with Gasteiger partial charge in [-0.1, -0.05) is 6.07 Å². The number of nitrogens with zero attached hydrogens (tertiary/aromatic N) is 2. The van der Waals surface area contributed by atoms with Gasteiger partial charge in [0.15, 0.2) is 0 Å². The van der Waals surface area contributed by atoms with Crippen molar-refractivity contribution in [3.63, 3.8) is 0 Å². The predicted octanol–water partition coefficient (Wildman–Crippen LogP) is 2.85. The van der Waals surface area contributed by atoms with E-state index in [9.17, 15) is 9.00 Å². The molecule has 1 aromatic heterocycles. The van der Waals surface area contributed by atoms with Crippen molar-refractivity contribution in [1.29, 1.82) is 0 Å². The highest BCUT2D eigenvalue weighted by Crippen LogP contribution is 2.21. The van der Waals surface area contributed by atoms with Crippen molar-refractivity contribution in [2.75, 3.05) is 24.2 Å². The van der Waals surface area contributed by atoms with Crippen LogP contribution in [0.3, 0.4) is 0 Å². The van der Waals surface area contributed by atoms with Gasteiger partial charge < -0.3 is 14.8 Å². The van der Waals surface area contributed by atoms with E-state index in [-0.39, 0.29) is 10.8 Å². The number of hydrogen-bond donors (Lipinski definition) is 1. The molecule has 5 nitrogen and oxygen atoms in total. The maximum atomic E-state index is 12.5. The Balaban J connectivity index is 1.71. The van der Waals surface area contributed by atoms with Gasteiger partial charge in [0, 0.05) is 53.4 Å². The normalized spacial score (nSPS) is 20.3. The fourth-order valence-electron chi connectivity index (χ4n) is 2.71. The molecule has 0 aliphatic carbocycles. The van der Waals surface area contributed by atoms with E-state index in [0.717, 1.165) is 11.4 Å². The molecule has 1 aliphatic heterocycles. The maximum absolute atomic E-state index is 12.5. The highest BCUT2D eigenvalue weighted by atomic mass is 32.2. The second-order valence-electron chi connectivity index (χ2n) is 6.30. The summed E-state index contributed by atoms with van der Waals surface area (Å²) < 4.78 is 13.6. The van der Waals surface area contributed by atoms with Gasteiger partial charge in [0.25, 0.3) is 0 Å². The Morgan fingerprint density at radius 1 is 1.22 bits per heavy atom. The van der Waals surface area contributed by atoms with Crippen molar-refractivity contribution in [3.8, 4) is 5.69 Å². The largest absolute Gasteiger partial charge is 0.324 e. The standard InChI is InChI=1S/C17H21N3O2S/c1-17(2)13-20(10-11-23(17)22)16(21)18-14-6-5-7-15(12-14)19-8-3-4-9-19/h3-9,12H,10-11,13H2,1-2H3,(H,18,21)/t23-/m1/s1. The molecule has 1 aliphatic rings. The molecule has 0 spiro atoms. The molecular weight excluding hydrogens is 310 g/mol. The Labute approximate surface area is 138 Å². The summed E-state index contributed by atoms with van der Waals surface area (Å²) >= 11 is 0. The number of nitrogens with one attached hydrogen (secondary N) is 1. The third-order valence-corrected chi connectivity index (χ3v) is 5.94. The quantitative estimate of drug-likeness (QED) is 0.920. The predicted molar refractivity (Wildman–Crippen MR) is 93.4 cm³/mol. The van der Waals surface area contributed by atoms with E-state index < -0.39 is 10.8 Å². The molecule has 0 radical (unpaired) electrons. The van der Waals surface area contributed by atoms with Gasteiger partial charge in [-0.2, -0.15) is 0 Å². The molecule has 23 heavy (non-hydrogen) atoms. The number of benzene rings is 1. The number of hydrogen-bond acceptors (Lipinski definition) is 2. The first kappa shape index (κ1) is 15.8. The van der Waals surface area contributed by atoms with Gasteiger partial charge >= 0.3 is 6.03 Å². The van der Waals surface area contributed by atoms with E-state index in [4.69, 9.17) is 0 Å². The zero-order valence-electron chi connectivity index (χ0n) is 13.4. The van der Waals surface area contributed by atoms with Crippen LogP contribution in [0, 0.1) is 0 Å².